The van der Waals surface area contributed by atoms with E-state index in [1.807, 2.05) is 0 Å². The molecule has 0 aromatic heterocycles. The molecule has 0 saturated heterocycles. The number of aryl methyl sites for hydroxylation is 2. The molecule has 18 heavy (non-hydrogen) atoms. The van der Waals surface area contributed by atoms with Gasteiger partial charge in [-0.2, -0.15) is 0 Å². The Morgan fingerprint density at radius 3 is 2.50 bits per heavy atom. The fraction of sp³-hybridized carbons (Fsp3) is 0.200. The average molecular weight is 261 g/mol. The Balaban J connectivity index is 2.09. The number of anilines is 1. The topological polar surface area (TPSA) is 26.0 Å². The molecule has 3 heteroatoms. The van der Waals surface area contributed by atoms with Gasteiger partial charge in [0.2, 0.25) is 0 Å². The lowest BCUT2D eigenvalue weighted by Crippen LogP contribution is -1.89. The first-order chi connectivity index (χ1) is 8.56. The summed E-state index contributed by atoms with van der Waals surface area (Å²) in [5.74, 6) is 0.519. The minimum Gasteiger partial charge on any atom is -0.399 e. The standard InChI is InChI=1S/C15H16FNS/c1-10-3-4-12(7-11(10)2)9-18-15-6-5-13(17)8-14(15)16/h3-8H,9,17H2,1-2H3. The molecule has 0 fully saturated rings. The summed E-state index contributed by atoms with van der Waals surface area (Å²) < 4.78 is 13.6. The van der Waals surface area contributed by atoms with Gasteiger partial charge < -0.3 is 5.73 Å². The molecule has 0 aliphatic heterocycles. The number of hydrogen-bond donors (Lipinski definition) is 1. The van der Waals surface area contributed by atoms with Gasteiger partial charge in [0.05, 0.1) is 0 Å². The number of hydrogen-bond acceptors (Lipinski definition) is 2. The van der Waals surface area contributed by atoms with Crippen LogP contribution in [0.2, 0.25) is 0 Å². The summed E-state index contributed by atoms with van der Waals surface area (Å²) >= 11 is 1.49. The molecule has 0 saturated carbocycles. The van der Waals surface area contributed by atoms with Crippen LogP contribution in [0.5, 0.6) is 0 Å². The minimum atomic E-state index is -0.246. The van der Waals surface area contributed by atoms with Crippen molar-refractivity contribution in [1.29, 1.82) is 0 Å². The van der Waals surface area contributed by atoms with Gasteiger partial charge in [0.1, 0.15) is 5.82 Å². The predicted molar refractivity (Wildman–Crippen MR) is 76.3 cm³/mol. The third-order valence-corrected chi connectivity index (χ3v) is 4.04. The van der Waals surface area contributed by atoms with Crippen LogP contribution in [0.3, 0.4) is 0 Å². The van der Waals surface area contributed by atoms with Gasteiger partial charge in [-0.3, -0.25) is 0 Å². The molecule has 94 valence electrons. The number of benzene rings is 2. The van der Waals surface area contributed by atoms with E-state index in [1.165, 1.54) is 34.5 Å². The zero-order chi connectivity index (χ0) is 13.1. The van der Waals surface area contributed by atoms with E-state index in [-0.39, 0.29) is 5.82 Å². The Kier molecular flexibility index (Phi) is 3.92. The highest BCUT2D eigenvalue weighted by atomic mass is 32.2. The minimum absolute atomic E-state index is 0.246. The van der Waals surface area contributed by atoms with Crippen molar-refractivity contribution in [2.45, 2.75) is 24.5 Å². The average Bonchev–Trinajstić information content (AvgIpc) is 2.32. The van der Waals surface area contributed by atoms with Crippen molar-refractivity contribution in [3.8, 4) is 0 Å². The van der Waals surface area contributed by atoms with Crippen LogP contribution in [0.4, 0.5) is 10.1 Å². The molecule has 0 radical (unpaired) electrons. The van der Waals surface area contributed by atoms with Crippen LogP contribution in [0.25, 0.3) is 0 Å². The summed E-state index contributed by atoms with van der Waals surface area (Å²) in [5, 5.41) is 0. The van der Waals surface area contributed by atoms with Crippen LogP contribution in [0, 0.1) is 19.7 Å². The molecule has 1 nitrogen and oxygen atoms in total. The highest BCUT2D eigenvalue weighted by Gasteiger charge is 2.04. The summed E-state index contributed by atoms with van der Waals surface area (Å²) in [6.07, 6.45) is 0. The molecule has 0 aliphatic rings. The van der Waals surface area contributed by atoms with E-state index in [0.29, 0.717) is 10.6 Å². The van der Waals surface area contributed by atoms with Crippen LogP contribution in [0.15, 0.2) is 41.3 Å². The monoisotopic (exact) mass is 261 g/mol. The van der Waals surface area contributed by atoms with E-state index in [9.17, 15) is 4.39 Å². The van der Waals surface area contributed by atoms with Gasteiger partial charge in [-0.1, -0.05) is 18.2 Å². The lowest BCUT2D eigenvalue weighted by Gasteiger charge is -2.06. The molecule has 0 spiro atoms. The molecule has 0 amide bonds. The highest BCUT2D eigenvalue weighted by Crippen LogP contribution is 2.27. The van der Waals surface area contributed by atoms with Crippen LogP contribution < -0.4 is 5.73 Å². The normalized spacial score (nSPS) is 10.6. The third-order valence-electron chi connectivity index (χ3n) is 2.92. The van der Waals surface area contributed by atoms with E-state index in [4.69, 9.17) is 5.73 Å². The molecule has 0 heterocycles. The van der Waals surface area contributed by atoms with E-state index in [2.05, 4.69) is 32.0 Å². The van der Waals surface area contributed by atoms with Crippen LogP contribution in [0.1, 0.15) is 16.7 Å². The highest BCUT2D eigenvalue weighted by molar-refractivity contribution is 7.98. The van der Waals surface area contributed by atoms with Gasteiger partial charge in [0, 0.05) is 16.3 Å². The second kappa shape index (κ2) is 5.44. The van der Waals surface area contributed by atoms with Gasteiger partial charge in [0.15, 0.2) is 0 Å². The van der Waals surface area contributed by atoms with Crippen LogP contribution in [-0.2, 0) is 5.75 Å². The number of halogens is 1. The Bertz CT molecular complexity index is 566. The number of rotatable bonds is 3. The molecule has 2 N–H and O–H groups in total. The van der Waals surface area contributed by atoms with Crippen molar-refractivity contribution in [2.24, 2.45) is 0 Å². The smallest absolute Gasteiger partial charge is 0.138 e. The largest absolute Gasteiger partial charge is 0.399 e. The first-order valence-corrected chi connectivity index (χ1v) is 6.79. The second-order valence-corrected chi connectivity index (χ2v) is 5.41. The molecular weight excluding hydrogens is 245 g/mol. The lowest BCUT2D eigenvalue weighted by molar-refractivity contribution is 0.603. The maximum absolute atomic E-state index is 13.6. The Labute approximate surface area is 111 Å². The summed E-state index contributed by atoms with van der Waals surface area (Å²) in [5.41, 5.74) is 9.74. The summed E-state index contributed by atoms with van der Waals surface area (Å²) in [7, 11) is 0. The van der Waals surface area contributed by atoms with Crippen molar-refractivity contribution in [1.82, 2.24) is 0 Å². The summed E-state index contributed by atoms with van der Waals surface area (Å²) in [6.45, 7) is 4.18. The van der Waals surface area contributed by atoms with Gasteiger partial charge >= 0.3 is 0 Å². The number of thioether (sulfide) groups is 1. The fourth-order valence-electron chi connectivity index (χ4n) is 1.69. The zero-order valence-electron chi connectivity index (χ0n) is 10.5. The lowest BCUT2D eigenvalue weighted by atomic mass is 10.1. The van der Waals surface area contributed by atoms with Crippen molar-refractivity contribution in [3.05, 3.63) is 58.9 Å². The molecule has 0 aliphatic carbocycles. The van der Waals surface area contributed by atoms with Crippen LogP contribution in [-0.4, -0.2) is 0 Å². The molecule has 2 rings (SSSR count). The van der Waals surface area contributed by atoms with E-state index < -0.39 is 0 Å². The molecule has 0 bridgehead atoms. The third kappa shape index (κ3) is 3.05. The van der Waals surface area contributed by atoms with Gasteiger partial charge in [0.25, 0.3) is 0 Å². The summed E-state index contributed by atoms with van der Waals surface area (Å²) in [4.78, 5) is 0.641. The van der Waals surface area contributed by atoms with E-state index >= 15 is 0 Å². The number of nitrogen functional groups attached to an aromatic ring is 1. The number of nitrogens with two attached hydrogens (primary N) is 1. The maximum atomic E-state index is 13.6. The maximum Gasteiger partial charge on any atom is 0.138 e. The van der Waals surface area contributed by atoms with Crippen molar-refractivity contribution < 1.29 is 4.39 Å². The van der Waals surface area contributed by atoms with Crippen molar-refractivity contribution in [2.75, 3.05) is 5.73 Å². The predicted octanol–water partition coefficient (Wildman–Crippen LogP) is 4.32. The molecular formula is C15H16FNS. The quantitative estimate of drug-likeness (QED) is 0.658. The first kappa shape index (κ1) is 13.0. The molecule has 2 aromatic rings. The van der Waals surface area contributed by atoms with Gasteiger partial charge in [-0.25, -0.2) is 4.39 Å². The molecule has 0 atom stereocenters. The zero-order valence-corrected chi connectivity index (χ0v) is 11.4. The first-order valence-electron chi connectivity index (χ1n) is 5.80. The SMILES string of the molecule is Cc1ccc(CSc2ccc(N)cc2F)cc1C. The molecule has 0 unspecified atom stereocenters. The van der Waals surface area contributed by atoms with E-state index in [1.54, 1.807) is 12.1 Å². The Morgan fingerprint density at radius 2 is 1.83 bits per heavy atom. The van der Waals surface area contributed by atoms with Gasteiger partial charge in [-0.15, -0.1) is 11.8 Å². The Morgan fingerprint density at radius 1 is 1.06 bits per heavy atom. The second-order valence-electron chi connectivity index (χ2n) is 4.40. The van der Waals surface area contributed by atoms with E-state index in [0.717, 1.165) is 5.75 Å². The van der Waals surface area contributed by atoms with Crippen molar-refractivity contribution >= 4 is 17.4 Å². The fourth-order valence-corrected chi connectivity index (χ4v) is 2.55. The van der Waals surface area contributed by atoms with Gasteiger partial charge in [-0.05, 0) is 48.7 Å². The molecule has 2 aromatic carbocycles. The Hall–Kier alpha value is -1.48. The summed E-state index contributed by atoms with van der Waals surface area (Å²) in [6, 6.07) is 11.2. The van der Waals surface area contributed by atoms with Crippen molar-refractivity contribution in [3.63, 3.8) is 0 Å². The van der Waals surface area contributed by atoms with Crippen LogP contribution >= 0.6 is 11.8 Å².